The molecule has 2 aliphatic heterocycles. The van der Waals surface area contributed by atoms with Gasteiger partial charge in [0.1, 0.15) is 5.54 Å². The van der Waals surface area contributed by atoms with Crippen molar-refractivity contribution in [1.29, 1.82) is 0 Å². The Morgan fingerprint density at radius 2 is 2.14 bits per heavy atom. The summed E-state index contributed by atoms with van der Waals surface area (Å²) in [4.78, 5) is 24.0. The van der Waals surface area contributed by atoms with Crippen LogP contribution < -0.4 is 14.8 Å². The lowest BCUT2D eigenvalue weighted by atomic mass is 10.00. The van der Waals surface area contributed by atoms with Crippen LogP contribution in [0.4, 0.5) is 4.79 Å². The summed E-state index contributed by atoms with van der Waals surface area (Å²) in [5.41, 5.74) is -0.173. The highest BCUT2D eigenvalue weighted by Gasteiger charge is 2.46. The van der Waals surface area contributed by atoms with E-state index in [0.29, 0.717) is 23.5 Å². The fourth-order valence-electron chi connectivity index (χ4n) is 2.13. The smallest absolute Gasteiger partial charge is 0.346 e. The van der Waals surface area contributed by atoms with E-state index in [4.69, 9.17) is 9.47 Å². The molecule has 0 bridgehead atoms. The van der Waals surface area contributed by atoms with Gasteiger partial charge in [0.05, 0.1) is 6.21 Å². The van der Waals surface area contributed by atoms with Gasteiger partial charge >= 0.3 is 6.03 Å². The van der Waals surface area contributed by atoms with Crippen LogP contribution in [-0.4, -0.2) is 35.5 Å². The van der Waals surface area contributed by atoms with Gasteiger partial charge in [0.15, 0.2) is 11.5 Å². The van der Waals surface area contributed by atoms with Gasteiger partial charge in [-0.25, -0.2) is 4.79 Å². The molecule has 21 heavy (non-hydrogen) atoms. The van der Waals surface area contributed by atoms with Gasteiger partial charge in [-0.2, -0.15) is 5.10 Å². The molecule has 7 heteroatoms. The Labute approximate surface area is 121 Å². The molecule has 1 fully saturated rings. The number of amides is 3. The molecule has 1 N–H and O–H groups in total. The van der Waals surface area contributed by atoms with Crippen LogP contribution in [0.5, 0.6) is 11.5 Å². The number of imide groups is 1. The molecule has 1 aromatic carbocycles. The van der Waals surface area contributed by atoms with Gasteiger partial charge in [-0.15, -0.1) is 5.01 Å². The fourth-order valence-corrected chi connectivity index (χ4v) is 2.13. The average Bonchev–Trinajstić information content (AvgIpc) is 3.01. The predicted molar refractivity (Wildman–Crippen MR) is 74.2 cm³/mol. The summed E-state index contributed by atoms with van der Waals surface area (Å²) in [5, 5.41) is 7.47. The zero-order valence-electron chi connectivity index (χ0n) is 11.8. The van der Waals surface area contributed by atoms with Crippen molar-refractivity contribution in [2.75, 3.05) is 6.79 Å². The Bertz CT molecular complexity index is 643. The number of ether oxygens (including phenoxy) is 2. The number of fused-ring (bicyclic) bond motifs is 1. The summed E-state index contributed by atoms with van der Waals surface area (Å²) >= 11 is 0. The Hall–Kier alpha value is -2.57. The fraction of sp³-hybridized carbons (Fsp3) is 0.357. The van der Waals surface area contributed by atoms with E-state index in [1.165, 1.54) is 6.21 Å². The second-order valence-electron chi connectivity index (χ2n) is 5.09. The Morgan fingerprint density at radius 3 is 2.86 bits per heavy atom. The third-order valence-electron chi connectivity index (χ3n) is 3.67. The summed E-state index contributed by atoms with van der Waals surface area (Å²) in [6.07, 6.45) is 1.95. The molecule has 0 unspecified atom stereocenters. The lowest BCUT2D eigenvalue weighted by Crippen LogP contribution is -2.42. The Balaban J connectivity index is 1.80. The van der Waals surface area contributed by atoms with Crippen molar-refractivity contribution in [2.45, 2.75) is 25.8 Å². The lowest BCUT2D eigenvalue weighted by molar-refractivity contribution is -0.130. The molecule has 0 saturated carbocycles. The molecular weight excluding hydrogens is 274 g/mol. The van der Waals surface area contributed by atoms with E-state index in [9.17, 15) is 9.59 Å². The third-order valence-corrected chi connectivity index (χ3v) is 3.67. The lowest BCUT2D eigenvalue weighted by Gasteiger charge is -2.17. The minimum atomic E-state index is -0.886. The van der Waals surface area contributed by atoms with Crippen LogP contribution in [0, 0.1) is 0 Å². The maximum atomic E-state index is 12.2. The summed E-state index contributed by atoms with van der Waals surface area (Å²) in [7, 11) is 0. The van der Waals surface area contributed by atoms with Crippen LogP contribution >= 0.6 is 0 Å². The highest BCUT2D eigenvalue weighted by molar-refractivity contribution is 6.07. The second kappa shape index (κ2) is 4.76. The SMILES string of the molecule is CC[C@@]1(C)NC(=O)N(/N=C\c2ccc3c(c2)OCO3)C1=O. The topological polar surface area (TPSA) is 80.2 Å². The van der Waals surface area contributed by atoms with Crippen molar-refractivity contribution in [3.63, 3.8) is 0 Å². The van der Waals surface area contributed by atoms with E-state index in [0.717, 1.165) is 5.01 Å². The van der Waals surface area contributed by atoms with Gasteiger partial charge in [0, 0.05) is 0 Å². The number of benzene rings is 1. The molecule has 110 valence electrons. The van der Waals surface area contributed by atoms with E-state index in [1.807, 2.05) is 6.92 Å². The first-order valence-corrected chi connectivity index (χ1v) is 6.64. The van der Waals surface area contributed by atoms with Crippen molar-refractivity contribution >= 4 is 18.2 Å². The molecule has 1 aromatic rings. The molecule has 1 atom stereocenters. The molecule has 2 aliphatic rings. The number of nitrogens with zero attached hydrogens (tertiary/aromatic N) is 2. The molecule has 2 heterocycles. The molecule has 0 radical (unpaired) electrons. The maximum Gasteiger partial charge on any atom is 0.346 e. The largest absolute Gasteiger partial charge is 0.454 e. The molecule has 0 aromatic heterocycles. The van der Waals surface area contributed by atoms with Crippen molar-refractivity contribution in [3.05, 3.63) is 23.8 Å². The number of urea groups is 1. The van der Waals surface area contributed by atoms with Gasteiger partial charge in [0.25, 0.3) is 5.91 Å². The number of carbonyl (C=O) groups is 2. The first-order chi connectivity index (χ1) is 10.0. The number of rotatable bonds is 3. The standard InChI is InChI=1S/C14H15N3O4/c1-3-14(2)12(18)17(13(19)16-14)15-7-9-4-5-10-11(6-9)21-8-20-10/h4-7H,3,8H2,1-2H3,(H,16,19)/b15-7-/t14-/m1/s1. The van der Waals surface area contributed by atoms with Gasteiger partial charge in [0.2, 0.25) is 6.79 Å². The first-order valence-electron chi connectivity index (χ1n) is 6.64. The van der Waals surface area contributed by atoms with Crippen molar-refractivity contribution in [2.24, 2.45) is 5.10 Å². The predicted octanol–water partition coefficient (Wildman–Crippen LogP) is 1.47. The molecule has 0 spiro atoms. The minimum Gasteiger partial charge on any atom is -0.454 e. The van der Waals surface area contributed by atoms with E-state index >= 15 is 0 Å². The summed E-state index contributed by atoms with van der Waals surface area (Å²) < 4.78 is 10.5. The van der Waals surface area contributed by atoms with Crippen LogP contribution in [0.15, 0.2) is 23.3 Å². The van der Waals surface area contributed by atoms with E-state index < -0.39 is 11.6 Å². The highest BCUT2D eigenvalue weighted by Crippen LogP contribution is 2.32. The van der Waals surface area contributed by atoms with Gasteiger partial charge in [-0.05, 0) is 37.1 Å². The number of hydrogen-bond acceptors (Lipinski definition) is 5. The van der Waals surface area contributed by atoms with Gasteiger partial charge in [-0.1, -0.05) is 6.92 Å². The summed E-state index contributed by atoms with van der Waals surface area (Å²) in [5.74, 6) is 0.933. The van der Waals surface area contributed by atoms with Crippen LogP contribution in [0.3, 0.4) is 0 Å². The van der Waals surface area contributed by atoms with E-state index in [-0.39, 0.29) is 12.7 Å². The molecule has 0 aliphatic carbocycles. The van der Waals surface area contributed by atoms with E-state index in [1.54, 1.807) is 25.1 Å². The van der Waals surface area contributed by atoms with Crippen molar-refractivity contribution in [1.82, 2.24) is 10.3 Å². The molecule has 3 rings (SSSR count). The number of carbonyl (C=O) groups excluding carboxylic acids is 2. The average molecular weight is 289 g/mol. The zero-order chi connectivity index (χ0) is 15.0. The molecule has 3 amide bonds. The quantitative estimate of drug-likeness (QED) is 0.675. The number of hydrogen-bond donors (Lipinski definition) is 1. The second-order valence-corrected chi connectivity index (χ2v) is 5.09. The van der Waals surface area contributed by atoms with Crippen LogP contribution in [0.2, 0.25) is 0 Å². The summed E-state index contributed by atoms with van der Waals surface area (Å²) in [6, 6.07) is 4.75. The van der Waals surface area contributed by atoms with Crippen LogP contribution in [0.25, 0.3) is 0 Å². The maximum absolute atomic E-state index is 12.2. The van der Waals surface area contributed by atoms with Crippen LogP contribution in [0.1, 0.15) is 25.8 Å². The minimum absolute atomic E-state index is 0.192. The third kappa shape index (κ3) is 2.20. The Kier molecular flexibility index (Phi) is 3.04. The molecule has 7 nitrogen and oxygen atoms in total. The van der Waals surface area contributed by atoms with Crippen molar-refractivity contribution < 1.29 is 19.1 Å². The first kappa shape index (κ1) is 13.4. The van der Waals surface area contributed by atoms with Gasteiger partial charge in [-0.3, -0.25) is 4.79 Å². The van der Waals surface area contributed by atoms with Crippen molar-refractivity contribution in [3.8, 4) is 11.5 Å². The highest BCUT2D eigenvalue weighted by atomic mass is 16.7. The van der Waals surface area contributed by atoms with E-state index in [2.05, 4.69) is 10.4 Å². The molecule has 1 saturated heterocycles. The Morgan fingerprint density at radius 1 is 1.38 bits per heavy atom. The van der Waals surface area contributed by atoms with Crippen LogP contribution in [-0.2, 0) is 4.79 Å². The normalized spacial score (nSPS) is 24.0. The van der Waals surface area contributed by atoms with Gasteiger partial charge < -0.3 is 14.8 Å². The monoisotopic (exact) mass is 289 g/mol. The number of nitrogens with one attached hydrogen (secondary N) is 1. The summed E-state index contributed by atoms with van der Waals surface area (Å²) in [6.45, 7) is 3.71. The number of hydrazone groups is 1. The zero-order valence-corrected chi connectivity index (χ0v) is 11.8. The molecular formula is C14H15N3O4.